The molecule has 0 amide bonds. The molecule has 1 aliphatic heterocycles. The normalized spacial score (nSPS) is 17.4. The number of nitrogen functional groups attached to an aromatic ring is 1. The summed E-state index contributed by atoms with van der Waals surface area (Å²) in [5, 5.41) is 8.48. The van der Waals surface area contributed by atoms with Gasteiger partial charge in [0, 0.05) is 22.3 Å². The number of hydrogen-bond acceptors (Lipinski definition) is 2. The van der Waals surface area contributed by atoms with Gasteiger partial charge >= 0.3 is 0 Å². The average Bonchev–Trinajstić information content (AvgIpc) is 2.46. The van der Waals surface area contributed by atoms with Crippen LogP contribution in [-0.4, -0.2) is 11.9 Å². The van der Waals surface area contributed by atoms with Crippen LogP contribution in [-0.2, 0) is 6.42 Å². The molecule has 0 bridgehead atoms. The first-order valence-electron chi connectivity index (χ1n) is 7.09. The van der Waals surface area contributed by atoms with Crippen LogP contribution in [0.1, 0.15) is 24.5 Å². The highest BCUT2D eigenvalue weighted by Crippen LogP contribution is 2.39. The number of nitrogens with zero attached hydrogens (tertiary/aromatic N) is 1. The van der Waals surface area contributed by atoms with Gasteiger partial charge in [-0.2, -0.15) is 0 Å². The van der Waals surface area contributed by atoms with Gasteiger partial charge in [0.25, 0.3) is 0 Å². The van der Waals surface area contributed by atoms with Crippen LogP contribution >= 0.6 is 11.6 Å². The molecular weight excluding hydrogens is 282 g/mol. The summed E-state index contributed by atoms with van der Waals surface area (Å²) in [5.74, 6) is 0.0666. The van der Waals surface area contributed by atoms with Gasteiger partial charge in [-0.15, -0.1) is 0 Å². The zero-order valence-electron chi connectivity index (χ0n) is 11.9. The Labute approximate surface area is 129 Å². The Balaban J connectivity index is 2.20. The number of nitrogens with two attached hydrogens (primary N) is 1. The molecule has 1 aliphatic rings. The molecule has 0 saturated carbocycles. The maximum Gasteiger partial charge on any atom is 0.124 e. The molecule has 0 aliphatic carbocycles. The van der Waals surface area contributed by atoms with Crippen LogP contribution in [0, 0.1) is 5.41 Å². The Morgan fingerprint density at radius 1 is 1.24 bits per heavy atom. The lowest BCUT2D eigenvalue weighted by Crippen LogP contribution is -2.34. The van der Waals surface area contributed by atoms with Crippen LogP contribution in [0.2, 0.25) is 5.02 Å². The molecule has 3 rings (SSSR count). The van der Waals surface area contributed by atoms with E-state index in [9.17, 15) is 0 Å². The third kappa shape index (κ3) is 2.49. The number of amidine groups is 1. The van der Waals surface area contributed by atoms with Crippen molar-refractivity contribution in [3.8, 4) is 0 Å². The van der Waals surface area contributed by atoms with Gasteiger partial charge < -0.3 is 10.6 Å². The van der Waals surface area contributed by atoms with Crippen molar-refractivity contribution in [1.82, 2.24) is 0 Å². The van der Waals surface area contributed by atoms with E-state index in [0.717, 1.165) is 24.1 Å². The van der Waals surface area contributed by atoms with Crippen LogP contribution in [0.4, 0.5) is 11.4 Å². The summed E-state index contributed by atoms with van der Waals surface area (Å²) < 4.78 is 0. The maximum absolute atomic E-state index is 7.82. The first-order chi connectivity index (χ1) is 10.1. The van der Waals surface area contributed by atoms with Crippen LogP contribution in [0.25, 0.3) is 0 Å². The molecule has 0 saturated heterocycles. The Kier molecular flexibility index (Phi) is 3.60. The fourth-order valence-electron chi connectivity index (χ4n) is 2.99. The summed E-state index contributed by atoms with van der Waals surface area (Å²) in [6, 6.07) is 14.2. The van der Waals surface area contributed by atoms with Gasteiger partial charge in [0.1, 0.15) is 5.84 Å². The van der Waals surface area contributed by atoms with E-state index < -0.39 is 0 Å². The van der Waals surface area contributed by atoms with E-state index in [4.69, 9.17) is 22.7 Å². The molecule has 21 heavy (non-hydrogen) atoms. The number of hydrogen-bond donors (Lipinski definition) is 2. The zero-order valence-corrected chi connectivity index (χ0v) is 12.7. The second-order valence-electron chi connectivity index (χ2n) is 5.46. The number of nitrogens with one attached hydrogen (secondary N) is 1. The van der Waals surface area contributed by atoms with Crippen molar-refractivity contribution in [2.75, 3.05) is 4.90 Å². The maximum atomic E-state index is 7.82. The van der Waals surface area contributed by atoms with Gasteiger partial charge in [0.2, 0.25) is 0 Å². The number of rotatable bonds is 2. The topological polar surface area (TPSA) is 53.1 Å². The second kappa shape index (κ2) is 5.41. The molecule has 2 aromatic rings. The molecule has 4 heteroatoms. The number of para-hydroxylation sites is 1. The van der Waals surface area contributed by atoms with Crippen molar-refractivity contribution in [3.05, 3.63) is 58.6 Å². The van der Waals surface area contributed by atoms with Crippen molar-refractivity contribution in [3.63, 3.8) is 0 Å². The third-order valence-corrected chi connectivity index (χ3v) is 4.27. The molecule has 3 N–H and O–H groups in total. The number of fused-ring (bicyclic) bond motifs is 1. The van der Waals surface area contributed by atoms with E-state index in [1.807, 2.05) is 18.2 Å². The Morgan fingerprint density at radius 2 is 2.00 bits per heavy atom. The minimum absolute atomic E-state index is 0.0666. The minimum atomic E-state index is 0.0666. The van der Waals surface area contributed by atoms with Gasteiger partial charge in [-0.05, 0) is 49.6 Å². The van der Waals surface area contributed by atoms with Crippen LogP contribution in [0.5, 0.6) is 0 Å². The number of benzene rings is 2. The molecule has 0 radical (unpaired) electrons. The van der Waals surface area contributed by atoms with E-state index in [-0.39, 0.29) is 5.84 Å². The largest absolute Gasteiger partial charge is 0.384 e. The average molecular weight is 300 g/mol. The van der Waals surface area contributed by atoms with E-state index in [2.05, 4.69) is 30.0 Å². The molecule has 2 aromatic carbocycles. The molecule has 3 nitrogen and oxygen atoms in total. The highest BCUT2D eigenvalue weighted by Gasteiger charge is 2.26. The van der Waals surface area contributed by atoms with Gasteiger partial charge in [-0.3, -0.25) is 5.41 Å². The van der Waals surface area contributed by atoms with Crippen molar-refractivity contribution in [2.24, 2.45) is 5.73 Å². The fraction of sp³-hybridized carbons (Fsp3) is 0.235. The van der Waals surface area contributed by atoms with E-state index in [1.165, 1.54) is 11.3 Å². The predicted molar refractivity (Wildman–Crippen MR) is 88.8 cm³/mol. The van der Waals surface area contributed by atoms with Crippen molar-refractivity contribution >= 4 is 28.8 Å². The van der Waals surface area contributed by atoms with E-state index >= 15 is 0 Å². The molecule has 108 valence electrons. The molecule has 0 spiro atoms. The molecule has 0 fully saturated rings. The summed E-state index contributed by atoms with van der Waals surface area (Å²) in [6.45, 7) is 2.20. The standard InChI is InChI=1S/C17H18ClN3/c1-11-6-7-12-4-2-3-5-15(12)21(11)16-10-13(18)8-9-14(16)17(19)20/h2-5,8-11H,6-7H2,1H3,(H3,19,20). The highest BCUT2D eigenvalue weighted by atomic mass is 35.5. The van der Waals surface area contributed by atoms with Crippen molar-refractivity contribution < 1.29 is 0 Å². The summed E-state index contributed by atoms with van der Waals surface area (Å²) in [5.41, 5.74) is 9.89. The fourth-order valence-corrected chi connectivity index (χ4v) is 3.15. The lowest BCUT2D eigenvalue weighted by atomic mass is 9.95. The van der Waals surface area contributed by atoms with Crippen molar-refractivity contribution in [1.29, 1.82) is 5.41 Å². The lowest BCUT2D eigenvalue weighted by Gasteiger charge is -2.38. The first-order valence-corrected chi connectivity index (χ1v) is 7.47. The molecular formula is C17H18ClN3. The van der Waals surface area contributed by atoms with Gasteiger partial charge in [-0.25, -0.2) is 0 Å². The second-order valence-corrected chi connectivity index (χ2v) is 5.90. The summed E-state index contributed by atoms with van der Waals surface area (Å²) in [6.07, 6.45) is 2.14. The van der Waals surface area contributed by atoms with Gasteiger partial charge in [-0.1, -0.05) is 29.8 Å². The third-order valence-electron chi connectivity index (χ3n) is 4.03. The van der Waals surface area contributed by atoms with E-state index in [0.29, 0.717) is 11.1 Å². The summed E-state index contributed by atoms with van der Waals surface area (Å²) in [4.78, 5) is 2.25. The Hall–Kier alpha value is -2.00. The first kappa shape index (κ1) is 14.0. The SMILES string of the molecule is CC1CCc2ccccc2N1c1cc(Cl)ccc1C(=N)N. The van der Waals surface area contributed by atoms with Gasteiger partial charge in [0.05, 0.1) is 5.69 Å². The monoisotopic (exact) mass is 299 g/mol. The smallest absolute Gasteiger partial charge is 0.124 e. The quantitative estimate of drug-likeness (QED) is 0.648. The Morgan fingerprint density at radius 3 is 2.76 bits per heavy atom. The minimum Gasteiger partial charge on any atom is -0.384 e. The van der Waals surface area contributed by atoms with E-state index in [1.54, 1.807) is 6.07 Å². The number of halogens is 1. The zero-order chi connectivity index (χ0) is 15.0. The summed E-state index contributed by atoms with van der Waals surface area (Å²) in [7, 11) is 0. The molecule has 0 aromatic heterocycles. The predicted octanol–water partition coefficient (Wildman–Crippen LogP) is 4.10. The Bertz CT molecular complexity index is 696. The van der Waals surface area contributed by atoms with Crippen LogP contribution in [0.3, 0.4) is 0 Å². The summed E-state index contributed by atoms with van der Waals surface area (Å²) >= 11 is 6.18. The van der Waals surface area contributed by atoms with Crippen molar-refractivity contribution in [2.45, 2.75) is 25.8 Å². The highest BCUT2D eigenvalue weighted by molar-refractivity contribution is 6.31. The van der Waals surface area contributed by atoms with Crippen LogP contribution < -0.4 is 10.6 Å². The lowest BCUT2D eigenvalue weighted by molar-refractivity contribution is 0.618. The molecule has 1 atom stereocenters. The van der Waals surface area contributed by atoms with Crippen LogP contribution in [0.15, 0.2) is 42.5 Å². The number of anilines is 2. The van der Waals surface area contributed by atoms with Gasteiger partial charge in [0.15, 0.2) is 0 Å². The molecule has 1 heterocycles. The number of aryl methyl sites for hydroxylation is 1. The molecule has 1 unspecified atom stereocenters.